The van der Waals surface area contributed by atoms with Gasteiger partial charge in [0, 0.05) is 24.1 Å². The van der Waals surface area contributed by atoms with Crippen LogP contribution in [0.25, 0.3) is 0 Å². The van der Waals surface area contributed by atoms with Crippen molar-refractivity contribution in [3.8, 4) is 0 Å². The summed E-state index contributed by atoms with van der Waals surface area (Å²) in [7, 11) is 0. The molecule has 0 spiro atoms. The number of rotatable bonds is 2. The average molecular weight is 298 g/mol. The number of hydrogen-bond acceptors (Lipinski definition) is 3. The first-order chi connectivity index (χ1) is 8.13. The summed E-state index contributed by atoms with van der Waals surface area (Å²) in [4.78, 5) is 13.8. The molecule has 0 radical (unpaired) electrons. The zero-order valence-corrected chi connectivity index (χ0v) is 11.3. The predicted octanol–water partition coefficient (Wildman–Crippen LogP) is 1.02. The lowest BCUT2D eigenvalue weighted by molar-refractivity contribution is -0.123. The third kappa shape index (κ3) is 2.45. The van der Waals surface area contributed by atoms with Crippen molar-refractivity contribution in [2.75, 3.05) is 24.5 Å². The Morgan fingerprint density at radius 2 is 2.35 bits per heavy atom. The van der Waals surface area contributed by atoms with Gasteiger partial charge in [-0.1, -0.05) is 6.07 Å². The maximum Gasteiger partial charge on any atom is 0.244 e. The van der Waals surface area contributed by atoms with Crippen LogP contribution < -0.4 is 16.0 Å². The highest BCUT2D eigenvalue weighted by Gasteiger charge is 2.29. The van der Waals surface area contributed by atoms with Crippen LogP contribution in [0.3, 0.4) is 0 Å². The molecule has 3 N–H and O–H groups in total. The number of piperazine rings is 1. The lowest BCUT2D eigenvalue weighted by Gasteiger charge is -2.36. The van der Waals surface area contributed by atoms with Gasteiger partial charge in [-0.25, -0.2) is 0 Å². The Morgan fingerprint density at radius 1 is 1.59 bits per heavy atom. The molecule has 1 unspecified atom stereocenters. The van der Waals surface area contributed by atoms with E-state index in [0.717, 1.165) is 16.7 Å². The lowest BCUT2D eigenvalue weighted by atomic mass is 10.1. The molecule has 92 valence electrons. The Balaban J connectivity index is 2.33. The molecule has 1 fully saturated rings. The summed E-state index contributed by atoms with van der Waals surface area (Å²) in [6, 6.07) is 5.85. The number of benzene rings is 1. The number of nitrogens with zero attached hydrogens (tertiary/aromatic N) is 1. The highest BCUT2D eigenvalue weighted by atomic mass is 79.9. The van der Waals surface area contributed by atoms with Gasteiger partial charge in [0.25, 0.3) is 0 Å². The smallest absolute Gasteiger partial charge is 0.244 e. The second-order valence-electron chi connectivity index (χ2n) is 4.19. The molecule has 0 aliphatic carbocycles. The first-order valence-corrected chi connectivity index (χ1v) is 6.43. The SMILES string of the molecule is Cc1ccc(N2CCNC(=O)C2CN)c(Br)c1. The van der Waals surface area contributed by atoms with Crippen LogP contribution in [-0.4, -0.2) is 31.6 Å². The molecule has 1 amide bonds. The molecule has 0 bridgehead atoms. The molecule has 1 aromatic rings. The van der Waals surface area contributed by atoms with Crippen molar-refractivity contribution in [3.63, 3.8) is 0 Å². The van der Waals surface area contributed by atoms with E-state index in [9.17, 15) is 4.79 Å². The van der Waals surface area contributed by atoms with Crippen molar-refractivity contribution in [1.29, 1.82) is 0 Å². The van der Waals surface area contributed by atoms with Gasteiger partial charge in [0.1, 0.15) is 6.04 Å². The summed E-state index contributed by atoms with van der Waals surface area (Å²) in [5.41, 5.74) is 7.90. The molecule has 1 aliphatic rings. The second-order valence-corrected chi connectivity index (χ2v) is 5.05. The number of aryl methyl sites for hydroxylation is 1. The Labute approximate surface area is 109 Å². The summed E-state index contributed by atoms with van der Waals surface area (Å²) >= 11 is 3.55. The van der Waals surface area contributed by atoms with Crippen LogP contribution in [0.4, 0.5) is 5.69 Å². The summed E-state index contributed by atoms with van der Waals surface area (Å²) in [5.74, 6) is 0.00576. The second kappa shape index (κ2) is 5.06. The van der Waals surface area contributed by atoms with E-state index < -0.39 is 0 Å². The minimum Gasteiger partial charge on any atom is -0.356 e. The van der Waals surface area contributed by atoms with E-state index in [-0.39, 0.29) is 11.9 Å². The van der Waals surface area contributed by atoms with E-state index in [1.165, 1.54) is 5.56 Å². The highest BCUT2D eigenvalue weighted by molar-refractivity contribution is 9.10. The molecule has 1 atom stereocenters. The number of halogens is 1. The van der Waals surface area contributed by atoms with E-state index in [2.05, 4.69) is 32.2 Å². The number of anilines is 1. The third-order valence-corrected chi connectivity index (χ3v) is 3.60. The van der Waals surface area contributed by atoms with Crippen molar-refractivity contribution in [3.05, 3.63) is 28.2 Å². The Morgan fingerprint density at radius 3 is 3.00 bits per heavy atom. The fourth-order valence-electron chi connectivity index (χ4n) is 2.08. The third-order valence-electron chi connectivity index (χ3n) is 2.97. The van der Waals surface area contributed by atoms with Crippen molar-refractivity contribution in [1.82, 2.24) is 5.32 Å². The highest BCUT2D eigenvalue weighted by Crippen LogP contribution is 2.29. The number of amides is 1. The van der Waals surface area contributed by atoms with E-state index in [4.69, 9.17) is 5.73 Å². The van der Waals surface area contributed by atoms with Gasteiger partial charge in [-0.05, 0) is 40.5 Å². The van der Waals surface area contributed by atoms with E-state index in [1.807, 2.05) is 19.1 Å². The standard InChI is InChI=1S/C12H16BrN3O/c1-8-2-3-10(9(13)6-8)16-5-4-15-12(17)11(16)7-14/h2-3,6,11H,4-5,7,14H2,1H3,(H,15,17). The molecule has 0 aromatic heterocycles. The first kappa shape index (κ1) is 12.4. The molecule has 1 saturated heterocycles. The van der Waals surface area contributed by atoms with Crippen molar-refractivity contribution in [2.24, 2.45) is 5.73 Å². The summed E-state index contributed by atoms with van der Waals surface area (Å²) in [6.45, 7) is 3.81. The van der Waals surface area contributed by atoms with Gasteiger partial charge in [-0.3, -0.25) is 4.79 Å². The van der Waals surface area contributed by atoms with Gasteiger partial charge in [0.15, 0.2) is 0 Å². The van der Waals surface area contributed by atoms with Crippen LogP contribution in [-0.2, 0) is 4.79 Å². The zero-order chi connectivity index (χ0) is 12.4. The van der Waals surface area contributed by atoms with Gasteiger partial charge in [0.2, 0.25) is 5.91 Å². The van der Waals surface area contributed by atoms with Gasteiger partial charge < -0.3 is 16.0 Å². The lowest BCUT2D eigenvalue weighted by Crippen LogP contribution is -2.58. The molecule has 1 aromatic carbocycles. The number of hydrogen-bond donors (Lipinski definition) is 2. The normalized spacial score (nSPS) is 20.3. The van der Waals surface area contributed by atoms with Crippen LogP contribution in [0.1, 0.15) is 5.56 Å². The van der Waals surface area contributed by atoms with Crippen LogP contribution in [0.5, 0.6) is 0 Å². The maximum absolute atomic E-state index is 11.7. The summed E-state index contributed by atoms with van der Waals surface area (Å²) < 4.78 is 1.01. The molecule has 1 aliphatic heterocycles. The fraction of sp³-hybridized carbons (Fsp3) is 0.417. The van der Waals surface area contributed by atoms with Crippen molar-refractivity contribution < 1.29 is 4.79 Å². The number of nitrogens with two attached hydrogens (primary N) is 1. The van der Waals surface area contributed by atoms with Crippen LogP contribution in [0, 0.1) is 6.92 Å². The van der Waals surface area contributed by atoms with E-state index in [1.54, 1.807) is 0 Å². The minimum absolute atomic E-state index is 0.00576. The number of carbonyl (C=O) groups is 1. The molecule has 17 heavy (non-hydrogen) atoms. The van der Waals surface area contributed by atoms with Crippen LogP contribution in [0.2, 0.25) is 0 Å². The Bertz CT molecular complexity index is 436. The monoisotopic (exact) mass is 297 g/mol. The van der Waals surface area contributed by atoms with Crippen molar-refractivity contribution >= 4 is 27.5 Å². The van der Waals surface area contributed by atoms with E-state index in [0.29, 0.717) is 13.1 Å². The molecule has 5 heteroatoms. The van der Waals surface area contributed by atoms with Gasteiger partial charge in [-0.15, -0.1) is 0 Å². The minimum atomic E-state index is -0.275. The Hall–Kier alpha value is -1.07. The fourth-order valence-corrected chi connectivity index (χ4v) is 2.80. The van der Waals surface area contributed by atoms with Crippen molar-refractivity contribution in [2.45, 2.75) is 13.0 Å². The van der Waals surface area contributed by atoms with Crippen LogP contribution in [0.15, 0.2) is 22.7 Å². The first-order valence-electron chi connectivity index (χ1n) is 5.64. The van der Waals surface area contributed by atoms with Gasteiger partial charge in [0.05, 0.1) is 5.69 Å². The summed E-state index contributed by atoms with van der Waals surface area (Å²) in [6.07, 6.45) is 0. The molecule has 0 saturated carbocycles. The van der Waals surface area contributed by atoms with E-state index >= 15 is 0 Å². The number of carbonyl (C=O) groups excluding carboxylic acids is 1. The topological polar surface area (TPSA) is 58.4 Å². The molecule has 1 heterocycles. The largest absolute Gasteiger partial charge is 0.356 e. The maximum atomic E-state index is 11.7. The molecule has 2 rings (SSSR count). The Kier molecular flexibility index (Phi) is 3.69. The summed E-state index contributed by atoms with van der Waals surface area (Å²) in [5, 5.41) is 2.84. The van der Waals surface area contributed by atoms with Gasteiger partial charge in [-0.2, -0.15) is 0 Å². The zero-order valence-electron chi connectivity index (χ0n) is 9.74. The molecule has 4 nitrogen and oxygen atoms in total. The molecular formula is C12H16BrN3O. The van der Waals surface area contributed by atoms with Gasteiger partial charge >= 0.3 is 0 Å². The quantitative estimate of drug-likeness (QED) is 0.857. The van der Waals surface area contributed by atoms with Crippen LogP contribution >= 0.6 is 15.9 Å². The average Bonchev–Trinajstić information content (AvgIpc) is 2.29. The number of nitrogens with one attached hydrogen (secondary N) is 1. The molecular weight excluding hydrogens is 282 g/mol. The predicted molar refractivity (Wildman–Crippen MR) is 72.1 cm³/mol.